The molecule has 0 fully saturated rings. The summed E-state index contributed by atoms with van der Waals surface area (Å²) in [5.41, 5.74) is 4.11. The zero-order valence-electron chi connectivity index (χ0n) is 19.9. The van der Waals surface area contributed by atoms with E-state index < -0.39 is 0 Å². The van der Waals surface area contributed by atoms with Crippen molar-refractivity contribution in [2.75, 3.05) is 6.54 Å². The van der Waals surface area contributed by atoms with Crippen LogP contribution in [0.25, 0.3) is 11.0 Å². The summed E-state index contributed by atoms with van der Waals surface area (Å²) in [6.45, 7) is 5.89. The van der Waals surface area contributed by atoms with E-state index in [1.54, 1.807) is 0 Å². The van der Waals surface area contributed by atoms with E-state index in [-0.39, 0.29) is 5.91 Å². The number of amides is 1. The third-order valence-electron chi connectivity index (χ3n) is 6.17. The first kappa shape index (κ1) is 24.0. The monoisotopic (exact) mass is 433 g/mol. The predicted octanol–water partition coefficient (Wildman–Crippen LogP) is 6.85. The van der Waals surface area contributed by atoms with Crippen LogP contribution in [0, 0.1) is 6.92 Å². The Morgan fingerprint density at radius 1 is 0.875 bits per heavy atom. The highest BCUT2D eigenvalue weighted by Crippen LogP contribution is 2.18. The Bertz CT molecular complexity index is 958. The van der Waals surface area contributed by atoms with E-state index >= 15 is 0 Å². The van der Waals surface area contributed by atoms with Gasteiger partial charge in [-0.2, -0.15) is 0 Å². The summed E-state index contributed by atoms with van der Waals surface area (Å²) in [5.74, 6) is 1.04. The van der Waals surface area contributed by atoms with Crippen LogP contribution < -0.4 is 5.32 Å². The van der Waals surface area contributed by atoms with E-state index in [2.05, 4.69) is 35.0 Å². The highest BCUT2D eigenvalue weighted by molar-refractivity contribution is 5.94. The van der Waals surface area contributed by atoms with Crippen LogP contribution in [0.15, 0.2) is 48.5 Å². The SMILES string of the molecule is CCCCCCCCCCCn1c(CCNC(=O)c2ccc(C)cc2)nc2ccccc21. The fourth-order valence-electron chi connectivity index (χ4n) is 4.24. The number of hydrogen-bond donors (Lipinski definition) is 1. The smallest absolute Gasteiger partial charge is 0.251 e. The highest BCUT2D eigenvalue weighted by Gasteiger charge is 2.11. The van der Waals surface area contributed by atoms with E-state index in [9.17, 15) is 4.79 Å². The topological polar surface area (TPSA) is 46.9 Å². The maximum Gasteiger partial charge on any atom is 0.251 e. The summed E-state index contributed by atoms with van der Waals surface area (Å²) in [5, 5.41) is 3.05. The Kier molecular flexibility index (Phi) is 9.80. The second-order valence-corrected chi connectivity index (χ2v) is 8.87. The third kappa shape index (κ3) is 7.22. The standard InChI is InChI=1S/C28H39N3O/c1-3-4-5-6-7-8-9-10-13-22-31-26-15-12-11-14-25(26)30-27(31)20-21-29-28(32)24-18-16-23(2)17-19-24/h11-12,14-19H,3-10,13,20-22H2,1-2H3,(H,29,32). The van der Waals surface area contributed by atoms with Gasteiger partial charge in [-0.25, -0.2) is 4.98 Å². The average Bonchev–Trinajstić information content (AvgIpc) is 3.15. The normalized spacial score (nSPS) is 11.2. The first-order chi connectivity index (χ1) is 15.7. The van der Waals surface area contributed by atoms with Crippen LogP contribution in [0.3, 0.4) is 0 Å². The molecule has 1 N–H and O–H groups in total. The van der Waals surface area contributed by atoms with Gasteiger partial charge in [-0.1, -0.05) is 88.1 Å². The predicted molar refractivity (Wildman–Crippen MR) is 134 cm³/mol. The Morgan fingerprint density at radius 2 is 1.53 bits per heavy atom. The number of para-hydroxylation sites is 2. The van der Waals surface area contributed by atoms with Crippen molar-refractivity contribution in [3.63, 3.8) is 0 Å². The summed E-state index contributed by atoms with van der Waals surface area (Å²) in [4.78, 5) is 17.3. The molecule has 1 aromatic heterocycles. The molecule has 4 nitrogen and oxygen atoms in total. The number of imidazole rings is 1. The van der Waals surface area contributed by atoms with Crippen LogP contribution in [0.5, 0.6) is 0 Å². The van der Waals surface area contributed by atoms with Gasteiger partial charge in [0.15, 0.2) is 0 Å². The van der Waals surface area contributed by atoms with Crippen molar-refractivity contribution in [2.45, 2.75) is 84.6 Å². The van der Waals surface area contributed by atoms with Crippen molar-refractivity contribution in [1.82, 2.24) is 14.9 Å². The van der Waals surface area contributed by atoms with Crippen LogP contribution in [0.2, 0.25) is 0 Å². The molecule has 0 aliphatic heterocycles. The quantitative estimate of drug-likeness (QED) is 0.283. The third-order valence-corrected chi connectivity index (χ3v) is 6.17. The van der Waals surface area contributed by atoms with Crippen LogP contribution in [-0.4, -0.2) is 22.0 Å². The van der Waals surface area contributed by atoms with Crippen molar-refractivity contribution >= 4 is 16.9 Å². The number of carbonyl (C=O) groups excluding carboxylic acids is 1. The Balaban J connectivity index is 1.49. The van der Waals surface area contributed by atoms with Gasteiger partial charge >= 0.3 is 0 Å². The second kappa shape index (κ2) is 13.0. The maximum absolute atomic E-state index is 12.4. The zero-order valence-corrected chi connectivity index (χ0v) is 19.9. The summed E-state index contributed by atoms with van der Waals surface area (Å²) >= 11 is 0. The van der Waals surface area contributed by atoms with E-state index in [4.69, 9.17) is 4.98 Å². The summed E-state index contributed by atoms with van der Waals surface area (Å²) in [6.07, 6.45) is 12.7. The first-order valence-corrected chi connectivity index (χ1v) is 12.5. The molecule has 1 amide bonds. The van der Waals surface area contributed by atoms with Crippen molar-refractivity contribution in [3.05, 3.63) is 65.5 Å². The molecule has 2 aromatic carbocycles. The first-order valence-electron chi connectivity index (χ1n) is 12.5. The van der Waals surface area contributed by atoms with Crippen molar-refractivity contribution in [3.8, 4) is 0 Å². The Labute approximate surface area is 193 Å². The van der Waals surface area contributed by atoms with Gasteiger partial charge in [0.2, 0.25) is 0 Å². The number of aryl methyl sites for hydroxylation is 2. The molecule has 1 heterocycles. The van der Waals surface area contributed by atoms with E-state index in [0.717, 1.165) is 29.9 Å². The Morgan fingerprint density at radius 3 is 2.25 bits per heavy atom. The molecule has 32 heavy (non-hydrogen) atoms. The molecule has 0 aliphatic rings. The van der Waals surface area contributed by atoms with Gasteiger partial charge in [-0.05, 0) is 37.6 Å². The van der Waals surface area contributed by atoms with Gasteiger partial charge in [0.05, 0.1) is 11.0 Å². The molecule has 0 saturated carbocycles. The molecule has 0 atom stereocenters. The number of hydrogen-bond acceptors (Lipinski definition) is 2. The van der Waals surface area contributed by atoms with Gasteiger partial charge < -0.3 is 9.88 Å². The molecular formula is C28H39N3O. The molecule has 0 aliphatic carbocycles. The molecule has 0 bridgehead atoms. The fourth-order valence-corrected chi connectivity index (χ4v) is 4.24. The molecular weight excluding hydrogens is 394 g/mol. The number of benzene rings is 2. The molecule has 0 radical (unpaired) electrons. The number of rotatable bonds is 14. The van der Waals surface area contributed by atoms with E-state index in [1.807, 2.05) is 37.3 Å². The number of carbonyl (C=O) groups is 1. The number of unbranched alkanes of at least 4 members (excludes halogenated alkanes) is 8. The fraction of sp³-hybridized carbons (Fsp3) is 0.500. The van der Waals surface area contributed by atoms with Crippen molar-refractivity contribution in [2.24, 2.45) is 0 Å². The maximum atomic E-state index is 12.4. The van der Waals surface area contributed by atoms with Gasteiger partial charge in [-0.3, -0.25) is 4.79 Å². The van der Waals surface area contributed by atoms with Gasteiger partial charge in [0.25, 0.3) is 5.91 Å². The lowest BCUT2D eigenvalue weighted by Crippen LogP contribution is -2.26. The molecule has 0 saturated heterocycles. The highest BCUT2D eigenvalue weighted by atomic mass is 16.1. The molecule has 172 valence electrons. The van der Waals surface area contributed by atoms with Crippen LogP contribution in [-0.2, 0) is 13.0 Å². The van der Waals surface area contributed by atoms with E-state index in [0.29, 0.717) is 12.1 Å². The minimum absolute atomic E-state index is 0.0217. The molecule has 3 aromatic rings. The lowest BCUT2D eigenvalue weighted by molar-refractivity contribution is 0.0954. The lowest BCUT2D eigenvalue weighted by Gasteiger charge is -2.10. The van der Waals surface area contributed by atoms with Crippen LogP contribution in [0.1, 0.15) is 86.5 Å². The number of nitrogens with one attached hydrogen (secondary N) is 1. The van der Waals surface area contributed by atoms with Crippen LogP contribution in [0.4, 0.5) is 0 Å². The van der Waals surface area contributed by atoms with Crippen LogP contribution >= 0.6 is 0 Å². The largest absolute Gasteiger partial charge is 0.352 e. The molecule has 3 rings (SSSR count). The number of aromatic nitrogens is 2. The second-order valence-electron chi connectivity index (χ2n) is 8.87. The molecule has 0 spiro atoms. The van der Waals surface area contributed by atoms with Gasteiger partial charge in [0.1, 0.15) is 5.82 Å². The Hall–Kier alpha value is -2.62. The average molecular weight is 434 g/mol. The zero-order chi connectivity index (χ0) is 22.6. The van der Waals surface area contributed by atoms with Gasteiger partial charge in [-0.15, -0.1) is 0 Å². The summed E-state index contributed by atoms with van der Waals surface area (Å²) in [6, 6.07) is 16.1. The summed E-state index contributed by atoms with van der Waals surface area (Å²) in [7, 11) is 0. The van der Waals surface area contributed by atoms with Crippen molar-refractivity contribution in [1.29, 1.82) is 0 Å². The minimum atomic E-state index is -0.0217. The number of fused-ring (bicyclic) bond motifs is 1. The van der Waals surface area contributed by atoms with E-state index in [1.165, 1.54) is 63.3 Å². The number of nitrogens with zero attached hydrogens (tertiary/aromatic N) is 2. The summed E-state index contributed by atoms with van der Waals surface area (Å²) < 4.78 is 2.36. The molecule has 4 heteroatoms. The van der Waals surface area contributed by atoms with Crippen molar-refractivity contribution < 1.29 is 4.79 Å². The lowest BCUT2D eigenvalue weighted by atomic mass is 10.1. The van der Waals surface area contributed by atoms with Gasteiger partial charge in [0, 0.05) is 25.1 Å². The molecule has 0 unspecified atom stereocenters. The minimum Gasteiger partial charge on any atom is -0.352 e.